The van der Waals surface area contributed by atoms with Gasteiger partial charge in [-0.15, -0.1) is 0 Å². The zero-order chi connectivity index (χ0) is 15.5. The predicted octanol–water partition coefficient (Wildman–Crippen LogP) is 3.92. The summed E-state index contributed by atoms with van der Waals surface area (Å²) in [7, 11) is 0. The van der Waals surface area contributed by atoms with E-state index in [1.165, 1.54) is 6.07 Å². The maximum Gasteiger partial charge on any atom is 0.280 e. The molecule has 1 unspecified atom stereocenters. The van der Waals surface area contributed by atoms with Crippen molar-refractivity contribution in [3.8, 4) is 0 Å². The Bertz CT molecular complexity index is 620. The largest absolute Gasteiger partial charge is 0.280 e. The van der Waals surface area contributed by atoms with Crippen molar-refractivity contribution < 1.29 is 9.85 Å². The lowest BCUT2D eigenvalue weighted by atomic mass is 9.65. The van der Waals surface area contributed by atoms with Crippen molar-refractivity contribution in [3.05, 3.63) is 43.5 Å². The first-order chi connectivity index (χ1) is 9.01. The monoisotopic (exact) mass is 278 g/mol. The molecule has 0 spiro atoms. The number of non-ortho nitro benzene ring substituents is 1. The van der Waals surface area contributed by atoms with Crippen LogP contribution in [-0.2, 0) is 5.41 Å². The molecule has 1 aromatic rings. The van der Waals surface area contributed by atoms with E-state index in [4.69, 9.17) is 0 Å². The van der Waals surface area contributed by atoms with Crippen molar-refractivity contribution in [1.29, 1.82) is 0 Å². The molecule has 108 valence electrons. The molecule has 0 saturated carbocycles. The van der Waals surface area contributed by atoms with Gasteiger partial charge in [-0.25, -0.2) is 0 Å². The minimum atomic E-state index is -0.570. The van der Waals surface area contributed by atoms with Gasteiger partial charge in [0, 0.05) is 11.6 Å². The van der Waals surface area contributed by atoms with E-state index in [1.54, 1.807) is 0 Å². The zero-order valence-corrected chi connectivity index (χ0v) is 12.3. The van der Waals surface area contributed by atoms with Crippen LogP contribution < -0.4 is 0 Å². The van der Waals surface area contributed by atoms with Gasteiger partial charge in [0.05, 0.1) is 15.9 Å². The van der Waals surface area contributed by atoms with Crippen LogP contribution in [0.5, 0.6) is 0 Å². The van der Waals surface area contributed by atoms with Gasteiger partial charge < -0.3 is 0 Å². The molecule has 1 aromatic carbocycles. The Morgan fingerprint density at radius 1 is 1.05 bits per heavy atom. The molecule has 6 heteroatoms. The fourth-order valence-electron chi connectivity index (χ4n) is 3.10. The van der Waals surface area contributed by atoms with Gasteiger partial charge in [-0.3, -0.25) is 20.2 Å². The van der Waals surface area contributed by atoms with E-state index in [0.29, 0.717) is 5.56 Å². The second kappa shape index (κ2) is 4.01. The Balaban J connectivity index is 2.86. The number of rotatable bonds is 2. The first-order valence-corrected chi connectivity index (χ1v) is 6.49. The van der Waals surface area contributed by atoms with Crippen molar-refractivity contribution in [2.45, 2.75) is 46.0 Å². The van der Waals surface area contributed by atoms with Crippen LogP contribution in [0.3, 0.4) is 0 Å². The molecule has 1 aliphatic carbocycles. The Morgan fingerprint density at radius 3 is 2.05 bits per heavy atom. The fourth-order valence-corrected chi connectivity index (χ4v) is 3.10. The number of fused-ring (bicyclic) bond motifs is 1. The second-order valence-electron chi connectivity index (χ2n) is 6.51. The Labute approximate surface area is 117 Å². The van der Waals surface area contributed by atoms with Crippen LogP contribution in [0.15, 0.2) is 12.1 Å². The van der Waals surface area contributed by atoms with E-state index in [0.717, 1.165) is 11.6 Å². The summed E-state index contributed by atoms with van der Waals surface area (Å²) < 4.78 is 0. The van der Waals surface area contributed by atoms with Gasteiger partial charge in [-0.05, 0) is 22.3 Å². The lowest BCUT2D eigenvalue weighted by molar-refractivity contribution is -0.394. The van der Waals surface area contributed by atoms with Gasteiger partial charge in [-0.2, -0.15) is 0 Å². The molecule has 0 aliphatic heterocycles. The highest BCUT2D eigenvalue weighted by molar-refractivity contribution is 5.61. The second-order valence-corrected chi connectivity index (χ2v) is 6.51. The molecule has 0 aromatic heterocycles. The molecular weight excluding hydrogens is 260 g/mol. The standard InChI is InChI=1S/C14H18N2O4/c1-8-12-10(14(4,5)13(8,2)3)6-9(15(17)18)7-11(12)16(19)20/h6-8H,1-5H3. The number of hydrogen-bond donors (Lipinski definition) is 0. The lowest BCUT2D eigenvalue weighted by Gasteiger charge is -2.38. The van der Waals surface area contributed by atoms with Crippen molar-refractivity contribution in [2.75, 3.05) is 0 Å². The summed E-state index contributed by atoms with van der Waals surface area (Å²) in [6.07, 6.45) is 0. The number of hydrogen-bond acceptors (Lipinski definition) is 4. The van der Waals surface area contributed by atoms with Gasteiger partial charge in [0.1, 0.15) is 0 Å². The van der Waals surface area contributed by atoms with Gasteiger partial charge in [0.25, 0.3) is 11.4 Å². The van der Waals surface area contributed by atoms with E-state index < -0.39 is 9.85 Å². The summed E-state index contributed by atoms with van der Waals surface area (Å²) in [6.45, 7) is 10.0. The lowest BCUT2D eigenvalue weighted by Crippen LogP contribution is -2.33. The third-order valence-corrected chi connectivity index (χ3v) is 5.35. The molecule has 20 heavy (non-hydrogen) atoms. The minimum absolute atomic E-state index is 0.0336. The average molecular weight is 278 g/mol. The molecule has 0 radical (unpaired) electrons. The number of nitro benzene ring substituents is 2. The summed E-state index contributed by atoms with van der Waals surface area (Å²) in [5.41, 5.74) is 0.425. The highest BCUT2D eigenvalue weighted by Gasteiger charge is 2.53. The third kappa shape index (κ3) is 1.63. The first-order valence-electron chi connectivity index (χ1n) is 6.49. The molecular formula is C14H18N2O4. The summed E-state index contributed by atoms with van der Waals surface area (Å²) in [5, 5.41) is 22.3. The molecule has 0 amide bonds. The van der Waals surface area contributed by atoms with Crippen molar-refractivity contribution in [2.24, 2.45) is 5.41 Å². The SMILES string of the molecule is CC1c2c([N+](=O)[O-])cc([N+](=O)[O-])cc2C(C)(C)C1(C)C. The van der Waals surface area contributed by atoms with Gasteiger partial charge in [0.2, 0.25) is 0 Å². The molecule has 0 bridgehead atoms. The normalized spacial score (nSPS) is 22.4. The first kappa shape index (κ1) is 14.4. The fraction of sp³-hybridized carbons (Fsp3) is 0.571. The highest BCUT2D eigenvalue weighted by Crippen LogP contribution is 2.60. The molecule has 0 fully saturated rings. The Kier molecular flexibility index (Phi) is 2.89. The van der Waals surface area contributed by atoms with Crippen LogP contribution >= 0.6 is 0 Å². The Morgan fingerprint density at radius 2 is 1.60 bits per heavy atom. The molecule has 0 saturated heterocycles. The van der Waals surface area contributed by atoms with Crippen molar-refractivity contribution in [1.82, 2.24) is 0 Å². The highest BCUT2D eigenvalue weighted by atomic mass is 16.6. The van der Waals surface area contributed by atoms with Crippen LogP contribution in [0.25, 0.3) is 0 Å². The van der Waals surface area contributed by atoms with Crippen LogP contribution in [0.1, 0.15) is 51.7 Å². The minimum Gasteiger partial charge on any atom is -0.258 e. The Hall–Kier alpha value is -1.98. The van der Waals surface area contributed by atoms with Crippen molar-refractivity contribution >= 4 is 11.4 Å². The number of benzene rings is 1. The van der Waals surface area contributed by atoms with Gasteiger partial charge >= 0.3 is 0 Å². The maximum atomic E-state index is 11.3. The molecule has 0 heterocycles. The maximum absolute atomic E-state index is 11.3. The predicted molar refractivity (Wildman–Crippen MR) is 75.0 cm³/mol. The molecule has 6 nitrogen and oxygen atoms in total. The molecule has 1 aliphatic rings. The molecule has 1 atom stereocenters. The molecule has 2 rings (SSSR count). The number of nitrogens with zero attached hydrogens (tertiary/aromatic N) is 2. The van der Waals surface area contributed by atoms with E-state index in [-0.39, 0.29) is 28.1 Å². The summed E-state index contributed by atoms with van der Waals surface area (Å²) in [4.78, 5) is 21.2. The van der Waals surface area contributed by atoms with Gasteiger partial charge in [-0.1, -0.05) is 34.6 Å². The quantitative estimate of drug-likeness (QED) is 0.606. The number of nitro groups is 2. The van der Waals surface area contributed by atoms with Crippen LogP contribution in [0.4, 0.5) is 11.4 Å². The van der Waals surface area contributed by atoms with Crippen LogP contribution in [0.2, 0.25) is 0 Å². The van der Waals surface area contributed by atoms with E-state index in [1.807, 2.05) is 34.6 Å². The van der Waals surface area contributed by atoms with E-state index >= 15 is 0 Å². The van der Waals surface area contributed by atoms with Gasteiger partial charge in [0.15, 0.2) is 0 Å². The summed E-state index contributed by atoms with van der Waals surface area (Å²) in [5.74, 6) is -0.0336. The van der Waals surface area contributed by atoms with E-state index in [2.05, 4.69) is 0 Å². The van der Waals surface area contributed by atoms with Crippen molar-refractivity contribution in [3.63, 3.8) is 0 Å². The third-order valence-electron chi connectivity index (χ3n) is 5.35. The topological polar surface area (TPSA) is 86.3 Å². The average Bonchev–Trinajstić information content (AvgIpc) is 2.47. The summed E-state index contributed by atoms with van der Waals surface area (Å²) in [6, 6.07) is 2.57. The smallest absolute Gasteiger partial charge is 0.258 e. The van der Waals surface area contributed by atoms with Crippen LogP contribution in [0, 0.1) is 25.6 Å². The molecule has 0 N–H and O–H groups in total. The summed E-state index contributed by atoms with van der Waals surface area (Å²) >= 11 is 0. The van der Waals surface area contributed by atoms with Crippen LogP contribution in [-0.4, -0.2) is 9.85 Å². The zero-order valence-electron chi connectivity index (χ0n) is 12.3. The van der Waals surface area contributed by atoms with E-state index in [9.17, 15) is 20.2 Å².